The number of methoxy groups -OCH3 is 1. The Balaban J connectivity index is 0.00000150. The topological polar surface area (TPSA) is 57.1 Å². The summed E-state index contributed by atoms with van der Waals surface area (Å²) < 4.78 is 5.58. The quantitative estimate of drug-likeness (QED) is 0.694. The van der Waals surface area contributed by atoms with Crippen LogP contribution < -0.4 is 15.4 Å². The molecule has 1 saturated heterocycles. The maximum absolute atomic E-state index is 9.52. The second-order valence-electron chi connectivity index (χ2n) is 7.69. The number of hydrogen-bond donors (Lipinski definition) is 2. The van der Waals surface area contributed by atoms with Gasteiger partial charge in [-0.1, -0.05) is 36.4 Å². The molecule has 2 fully saturated rings. The lowest BCUT2D eigenvalue weighted by atomic mass is 9.91. The molecule has 1 aliphatic carbocycles. The summed E-state index contributed by atoms with van der Waals surface area (Å²) in [5.41, 5.74) is 3.33. The Bertz CT molecular complexity index is 834. The van der Waals surface area contributed by atoms with Gasteiger partial charge >= 0.3 is 0 Å². The highest BCUT2D eigenvalue weighted by Gasteiger charge is 2.45. The third-order valence-corrected chi connectivity index (χ3v) is 5.97. The maximum Gasteiger partial charge on any atom is 0.123 e. The number of ether oxygens (including phenoxy) is 1. The summed E-state index contributed by atoms with van der Waals surface area (Å²) in [5, 5.41) is 16.9. The molecule has 2 aromatic carbocycles. The van der Waals surface area contributed by atoms with Crippen molar-refractivity contribution in [1.82, 2.24) is 10.6 Å². The van der Waals surface area contributed by atoms with E-state index >= 15 is 0 Å². The van der Waals surface area contributed by atoms with Crippen molar-refractivity contribution in [3.05, 3.63) is 65.2 Å². The molecule has 0 radical (unpaired) electrons. The van der Waals surface area contributed by atoms with E-state index in [-0.39, 0.29) is 30.2 Å². The van der Waals surface area contributed by atoms with Crippen LogP contribution in [-0.2, 0) is 12.0 Å². The van der Waals surface area contributed by atoms with Crippen molar-refractivity contribution >= 4 is 24.8 Å². The Kier molecular flexibility index (Phi) is 8.36. The first-order chi connectivity index (χ1) is 13.3. The van der Waals surface area contributed by atoms with Crippen LogP contribution in [0.25, 0.3) is 0 Å². The number of nitrogens with zero attached hydrogens (tertiary/aromatic N) is 1. The molecule has 1 aliphatic heterocycles. The molecule has 0 spiro atoms. The molecule has 0 unspecified atom stereocenters. The Morgan fingerprint density at radius 3 is 2.59 bits per heavy atom. The Morgan fingerprint density at radius 2 is 1.93 bits per heavy atom. The fraction of sp³-hybridized carbons (Fsp3) is 0.435. The predicted octanol–water partition coefficient (Wildman–Crippen LogP) is 4.68. The van der Waals surface area contributed by atoms with Crippen LogP contribution in [0.2, 0.25) is 0 Å². The summed E-state index contributed by atoms with van der Waals surface area (Å²) in [7, 11) is 1.71. The van der Waals surface area contributed by atoms with Crippen molar-refractivity contribution in [3.8, 4) is 11.8 Å². The maximum atomic E-state index is 9.52. The number of hydrogen-bond acceptors (Lipinski definition) is 4. The second-order valence-corrected chi connectivity index (χ2v) is 7.69. The van der Waals surface area contributed by atoms with E-state index in [1.807, 2.05) is 12.1 Å². The highest BCUT2D eigenvalue weighted by atomic mass is 35.5. The zero-order valence-electron chi connectivity index (χ0n) is 16.7. The molecule has 0 bridgehead atoms. The van der Waals surface area contributed by atoms with Crippen molar-refractivity contribution in [2.45, 2.75) is 49.7 Å². The van der Waals surface area contributed by atoms with Crippen LogP contribution in [-0.4, -0.2) is 19.7 Å². The first-order valence-corrected chi connectivity index (χ1v) is 9.86. The summed E-state index contributed by atoms with van der Waals surface area (Å²) >= 11 is 0. The van der Waals surface area contributed by atoms with Gasteiger partial charge in [-0.05, 0) is 55.5 Å². The first kappa shape index (κ1) is 23.5. The monoisotopic (exact) mass is 433 g/mol. The van der Waals surface area contributed by atoms with Crippen LogP contribution in [0.1, 0.15) is 48.4 Å². The van der Waals surface area contributed by atoms with Crippen LogP contribution in [0.4, 0.5) is 0 Å². The van der Waals surface area contributed by atoms with Gasteiger partial charge in [0.25, 0.3) is 0 Å². The van der Waals surface area contributed by atoms with Crippen molar-refractivity contribution in [2.24, 2.45) is 0 Å². The van der Waals surface area contributed by atoms with Crippen molar-refractivity contribution in [3.63, 3.8) is 0 Å². The van der Waals surface area contributed by atoms with Crippen LogP contribution in [0.15, 0.2) is 48.5 Å². The van der Waals surface area contributed by atoms with Crippen LogP contribution in [0.3, 0.4) is 0 Å². The zero-order chi connectivity index (χ0) is 18.7. The minimum atomic E-state index is -0.264. The fourth-order valence-corrected chi connectivity index (χ4v) is 4.16. The number of piperidine rings is 1. The molecule has 2 N–H and O–H groups in total. The predicted molar refractivity (Wildman–Crippen MR) is 121 cm³/mol. The summed E-state index contributed by atoms with van der Waals surface area (Å²) in [6.45, 7) is 1.80. The molecular weight excluding hydrogens is 405 g/mol. The van der Waals surface area contributed by atoms with Gasteiger partial charge in [-0.3, -0.25) is 0 Å². The van der Waals surface area contributed by atoms with Gasteiger partial charge in [0.15, 0.2) is 0 Å². The number of benzene rings is 2. The minimum Gasteiger partial charge on any atom is -0.496 e. The first-order valence-electron chi connectivity index (χ1n) is 9.86. The fourth-order valence-electron chi connectivity index (χ4n) is 4.16. The smallest absolute Gasteiger partial charge is 0.123 e. The van der Waals surface area contributed by atoms with Gasteiger partial charge in [0.1, 0.15) is 5.75 Å². The number of halogens is 2. The number of nitrogens with one attached hydrogen (secondary N) is 2. The Morgan fingerprint density at radius 1 is 1.17 bits per heavy atom. The third-order valence-electron chi connectivity index (χ3n) is 5.97. The third kappa shape index (κ3) is 5.05. The summed E-state index contributed by atoms with van der Waals surface area (Å²) in [6, 6.07) is 20.1. The van der Waals surface area contributed by atoms with Crippen LogP contribution in [0.5, 0.6) is 5.75 Å². The lowest BCUT2D eigenvalue weighted by molar-refractivity contribution is 0.303. The van der Waals surface area contributed by atoms with Gasteiger partial charge in [-0.2, -0.15) is 5.26 Å². The molecule has 2 aliphatic rings. The molecule has 1 saturated carbocycles. The summed E-state index contributed by atoms with van der Waals surface area (Å²) in [5.74, 6) is 0.889. The van der Waals surface area contributed by atoms with Gasteiger partial charge in [0, 0.05) is 24.2 Å². The molecule has 4 nitrogen and oxygen atoms in total. The average Bonchev–Trinajstić information content (AvgIpc) is 3.54. The molecule has 4 rings (SSSR count). The largest absolute Gasteiger partial charge is 0.496 e. The molecule has 6 heteroatoms. The molecule has 0 aromatic heterocycles. The summed E-state index contributed by atoms with van der Waals surface area (Å²) in [6.07, 6.45) is 4.25. The molecule has 0 amide bonds. The van der Waals surface area contributed by atoms with E-state index in [4.69, 9.17) is 4.74 Å². The van der Waals surface area contributed by atoms with Crippen LogP contribution in [0, 0.1) is 11.3 Å². The number of nitriles is 1. The van der Waals surface area contributed by atoms with Crippen molar-refractivity contribution in [1.29, 1.82) is 5.26 Å². The standard InChI is InChI=1S/C23H27N3O.2ClH/c1-27-21-10-9-19(23(16-24)11-12-23)14-18(21)15-26-20-8-5-13-25-22(20)17-6-3-2-4-7-17;;/h2-4,6-7,9-10,14,20,22,25-26H,5,8,11-13,15H2,1H3;2*1H/t20-,22-;;/m0../s1. The van der Waals surface area contributed by atoms with Gasteiger partial charge in [-0.25, -0.2) is 0 Å². The number of rotatable bonds is 6. The highest BCUT2D eigenvalue weighted by molar-refractivity contribution is 5.85. The minimum absolute atomic E-state index is 0. The Labute approximate surface area is 185 Å². The molecule has 29 heavy (non-hydrogen) atoms. The summed E-state index contributed by atoms with van der Waals surface area (Å²) in [4.78, 5) is 0. The molecule has 2 atom stereocenters. The van der Waals surface area contributed by atoms with Gasteiger partial charge in [0.2, 0.25) is 0 Å². The van der Waals surface area contributed by atoms with Crippen molar-refractivity contribution < 1.29 is 4.74 Å². The molecule has 1 heterocycles. The lowest BCUT2D eigenvalue weighted by Gasteiger charge is -2.34. The lowest BCUT2D eigenvalue weighted by Crippen LogP contribution is -2.45. The van der Waals surface area contributed by atoms with Crippen molar-refractivity contribution in [2.75, 3.05) is 13.7 Å². The van der Waals surface area contributed by atoms with Crippen LogP contribution >= 0.6 is 24.8 Å². The van der Waals surface area contributed by atoms with E-state index in [0.29, 0.717) is 12.1 Å². The molecular formula is C23H29Cl2N3O. The normalized spacial score (nSPS) is 21.8. The van der Waals surface area contributed by atoms with Gasteiger partial charge < -0.3 is 15.4 Å². The van der Waals surface area contributed by atoms with E-state index in [1.54, 1.807) is 7.11 Å². The molecule has 2 aromatic rings. The zero-order valence-corrected chi connectivity index (χ0v) is 18.3. The van der Waals surface area contributed by atoms with Gasteiger partial charge in [-0.15, -0.1) is 24.8 Å². The van der Waals surface area contributed by atoms with E-state index in [9.17, 15) is 5.26 Å². The van der Waals surface area contributed by atoms with E-state index in [1.165, 1.54) is 12.0 Å². The van der Waals surface area contributed by atoms with E-state index in [2.05, 4.69) is 53.1 Å². The second kappa shape index (κ2) is 10.3. The Hall–Kier alpha value is -1.77. The van der Waals surface area contributed by atoms with Gasteiger partial charge in [0.05, 0.1) is 18.6 Å². The average molecular weight is 434 g/mol. The highest BCUT2D eigenvalue weighted by Crippen LogP contribution is 2.48. The van der Waals surface area contributed by atoms with E-state index in [0.717, 1.165) is 49.2 Å². The van der Waals surface area contributed by atoms with E-state index < -0.39 is 0 Å². The SMILES string of the molecule is COc1ccc(C2(C#N)CC2)cc1CN[C@H]1CCCN[C@H]1c1ccccc1.Cl.Cl. The molecule has 156 valence electrons.